The predicted molar refractivity (Wildman–Crippen MR) is 127 cm³/mol. The Morgan fingerprint density at radius 1 is 1.21 bits per heavy atom. The maximum Gasteiger partial charge on any atom is 0.157 e. The van der Waals surface area contributed by atoms with E-state index in [2.05, 4.69) is 31.9 Å². The Morgan fingerprint density at radius 3 is 2.82 bits per heavy atom. The molecule has 5 heteroatoms. The van der Waals surface area contributed by atoms with E-state index in [1.165, 1.54) is 51.4 Å². The van der Waals surface area contributed by atoms with Crippen molar-refractivity contribution in [3.63, 3.8) is 0 Å². The summed E-state index contributed by atoms with van der Waals surface area (Å²) in [5.74, 6) is 4.31. The van der Waals surface area contributed by atoms with E-state index in [9.17, 15) is 4.79 Å². The maximum absolute atomic E-state index is 13.4. The van der Waals surface area contributed by atoms with Crippen molar-refractivity contribution in [2.75, 3.05) is 13.2 Å². The van der Waals surface area contributed by atoms with Crippen molar-refractivity contribution in [2.45, 2.75) is 85.1 Å². The van der Waals surface area contributed by atoms with Crippen molar-refractivity contribution in [3.8, 4) is 6.07 Å². The number of Topliss-reactive ketones (excluding diaryl/α,β-unsaturated/α-hetero) is 1. The molecule has 0 N–H and O–H groups in total. The van der Waals surface area contributed by atoms with Crippen LogP contribution in [0.5, 0.6) is 0 Å². The molecule has 5 nitrogen and oxygen atoms in total. The lowest BCUT2D eigenvalue weighted by Crippen LogP contribution is -2.56. The topological polar surface area (TPSA) is 67.9 Å². The third-order valence-electron chi connectivity index (χ3n) is 10.7. The quantitative estimate of drug-likeness (QED) is 0.562. The first kappa shape index (κ1) is 23.1. The van der Waals surface area contributed by atoms with E-state index < -0.39 is 0 Å². The van der Waals surface area contributed by atoms with Crippen LogP contribution in [0.3, 0.4) is 0 Å². The molecule has 1 heterocycles. The summed E-state index contributed by atoms with van der Waals surface area (Å²) in [6.45, 7) is 9.09. The first-order chi connectivity index (χ1) is 15.9. The Kier molecular flexibility index (Phi) is 6.18. The predicted octanol–water partition coefficient (Wildman–Crippen LogP) is 5.64. The van der Waals surface area contributed by atoms with Gasteiger partial charge in [0.2, 0.25) is 0 Å². The highest BCUT2D eigenvalue weighted by molar-refractivity contribution is 5.82. The zero-order valence-corrected chi connectivity index (χ0v) is 20.8. The molecular formula is C28H41N3O2. The molecule has 4 aliphatic rings. The van der Waals surface area contributed by atoms with Gasteiger partial charge >= 0.3 is 0 Å². The molecule has 0 amide bonds. The number of hydrogen-bond acceptors (Lipinski definition) is 4. The van der Waals surface area contributed by atoms with Crippen molar-refractivity contribution < 1.29 is 9.53 Å². The summed E-state index contributed by atoms with van der Waals surface area (Å²) in [4.78, 5) is 13.4. The van der Waals surface area contributed by atoms with Crippen LogP contribution in [0.1, 0.15) is 84.1 Å². The molecular weight excluding hydrogens is 410 g/mol. The molecule has 33 heavy (non-hydrogen) atoms. The lowest BCUT2D eigenvalue weighted by Gasteiger charge is -2.62. The fraction of sp³-hybridized carbons (Fsp3) is 0.821. The van der Waals surface area contributed by atoms with Crippen LogP contribution in [0.4, 0.5) is 0 Å². The molecule has 4 saturated carbocycles. The molecule has 1 aromatic rings. The van der Waals surface area contributed by atoms with Gasteiger partial charge in [0.25, 0.3) is 0 Å². The van der Waals surface area contributed by atoms with E-state index in [0.717, 1.165) is 43.3 Å². The molecule has 5 rings (SSSR count). The number of fused-ring (bicyclic) bond motifs is 5. The van der Waals surface area contributed by atoms with E-state index >= 15 is 0 Å². The van der Waals surface area contributed by atoms with Crippen molar-refractivity contribution >= 4 is 5.78 Å². The number of ether oxygens (including phenoxy) is 1. The molecule has 180 valence electrons. The first-order valence-electron chi connectivity index (χ1n) is 13.4. The monoisotopic (exact) mass is 451 g/mol. The van der Waals surface area contributed by atoms with E-state index in [-0.39, 0.29) is 11.3 Å². The van der Waals surface area contributed by atoms with Crippen LogP contribution in [0.2, 0.25) is 0 Å². The van der Waals surface area contributed by atoms with Crippen molar-refractivity contribution in [1.29, 1.82) is 5.26 Å². The summed E-state index contributed by atoms with van der Waals surface area (Å²) >= 11 is 0. The number of nitrogens with zero attached hydrogens (tertiary/aromatic N) is 3. The van der Waals surface area contributed by atoms with Gasteiger partial charge in [0.15, 0.2) is 5.78 Å². The Labute approximate surface area is 199 Å². The zero-order valence-electron chi connectivity index (χ0n) is 20.8. The Hall–Kier alpha value is -1.67. The highest BCUT2D eigenvalue weighted by Gasteiger charge is 2.62. The number of aromatic nitrogens is 2. The van der Waals surface area contributed by atoms with Crippen molar-refractivity contribution in [3.05, 3.63) is 18.0 Å². The smallest absolute Gasteiger partial charge is 0.157 e. The molecule has 0 spiro atoms. The van der Waals surface area contributed by atoms with Crippen molar-refractivity contribution in [2.24, 2.45) is 46.3 Å². The highest BCUT2D eigenvalue weighted by atomic mass is 16.5. The second kappa shape index (κ2) is 8.84. The lowest BCUT2D eigenvalue weighted by atomic mass is 9.44. The van der Waals surface area contributed by atoms with E-state index in [1.54, 1.807) is 17.1 Å². The van der Waals surface area contributed by atoms with Gasteiger partial charge in [-0.2, -0.15) is 10.4 Å². The molecule has 1 aromatic heterocycles. The fourth-order valence-electron chi connectivity index (χ4n) is 9.14. The van der Waals surface area contributed by atoms with Gasteiger partial charge in [-0.25, -0.2) is 0 Å². The second-order valence-electron chi connectivity index (χ2n) is 12.1. The van der Waals surface area contributed by atoms with Gasteiger partial charge in [0.1, 0.15) is 6.07 Å². The van der Waals surface area contributed by atoms with Gasteiger partial charge < -0.3 is 4.74 Å². The van der Waals surface area contributed by atoms with Gasteiger partial charge in [-0.15, -0.1) is 0 Å². The van der Waals surface area contributed by atoms with E-state index in [1.807, 2.05) is 0 Å². The normalized spacial score (nSPS) is 42.1. The fourth-order valence-corrected chi connectivity index (χ4v) is 9.14. The number of hydrogen-bond donors (Lipinski definition) is 0. The largest absolute Gasteiger partial charge is 0.381 e. The molecule has 0 saturated heterocycles. The number of ketones is 1. The minimum Gasteiger partial charge on any atom is -0.381 e. The average molecular weight is 452 g/mol. The molecule has 8 atom stereocenters. The summed E-state index contributed by atoms with van der Waals surface area (Å²) < 4.78 is 7.87. The Bertz CT molecular complexity index is 914. The van der Waals surface area contributed by atoms with Crippen LogP contribution >= 0.6 is 0 Å². The zero-order chi connectivity index (χ0) is 23.2. The highest BCUT2D eigenvalue weighted by Crippen LogP contribution is 2.68. The summed E-state index contributed by atoms with van der Waals surface area (Å²) in [7, 11) is 0. The van der Waals surface area contributed by atoms with E-state index in [4.69, 9.17) is 10.00 Å². The first-order valence-corrected chi connectivity index (χ1v) is 13.4. The molecule has 0 bridgehead atoms. The van der Waals surface area contributed by atoms with Gasteiger partial charge in [0.05, 0.1) is 24.9 Å². The molecule has 4 fully saturated rings. The van der Waals surface area contributed by atoms with E-state index in [0.29, 0.717) is 29.2 Å². The Morgan fingerprint density at radius 2 is 2.06 bits per heavy atom. The van der Waals surface area contributed by atoms with Crippen LogP contribution in [0.15, 0.2) is 12.4 Å². The lowest BCUT2D eigenvalue weighted by molar-refractivity contribution is -0.157. The second-order valence-corrected chi connectivity index (χ2v) is 12.1. The molecule has 0 radical (unpaired) electrons. The molecule has 0 aromatic carbocycles. The standard InChI is InChI=1S/C28H41N3O2/c1-4-33-18-28-12-9-19(2)13-21(28)5-6-22-23-7-8-25(27(23,3)11-10-24(22)28)26(32)17-31-16-20(14-29)15-30-31/h15-16,19,21-25H,4-13,17-18H2,1-3H3. The van der Waals surface area contributed by atoms with Crippen LogP contribution in [0.25, 0.3) is 0 Å². The summed E-state index contributed by atoms with van der Waals surface area (Å²) in [5, 5.41) is 13.3. The third kappa shape index (κ3) is 3.77. The summed E-state index contributed by atoms with van der Waals surface area (Å²) in [6.07, 6.45) is 14.7. The SMILES string of the molecule is CCOCC12CCC(C)CC1CCC1C3CCC(C(=O)Cn4cc(C#N)cn4)C3(C)CCC12. The third-order valence-corrected chi connectivity index (χ3v) is 10.7. The maximum atomic E-state index is 13.4. The molecule has 0 aliphatic heterocycles. The minimum absolute atomic E-state index is 0.116. The number of carbonyl (C=O) groups excluding carboxylic acids is 1. The minimum atomic E-state index is 0.116. The average Bonchev–Trinajstić information content (AvgIpc) is 3.41. The van der Waals surface area contributed by atoms with Gasteiger partial charge in [-0.3, -0.25) is 9.48 Å². The number of rotatable bonds is 6. The van der Waals surface area contributed by atoms with Crippen LogP contribution in [-0.4, -0.2) is 28.8 Å². The number of nitriles is 1. The summed E-state index contributed by atoms with van der Waals surface area (Å²) in [5.41, 5.74) is 1.01. The van der Waals surface area contributed by atoms with Gasteiger partial charge in [-0.05, 0) is 98.7 Å². The Balaban J connectivity index is 1.36. The van der Waals surface area contributed by atoms with Crippen LogP contribution < -0.4 is 0 Å². The van der Waals surface area contributed by atoms with Crippen molar-refractivity contribution in [1.82, 2.24) is 9.78 Å². The van der Waals surface area contributed by atoms with Crippen LogP contribution in [-0.2, 0) is 16.1 Å². The van der Waals surface area contributed by atoms with Gasteiger partial charge in [-0.1, -0.05) is 20.3 Å². The molecule has 4 aliphatic carbocycles. The van der Waals surface area contributed by atoms with Crippen LogP contribution in [0, 0.1) is 57.7 Å². The molecule has 8 unspecified atom stereocenters. The summed E-state index contributed by atoms with van der Waals surface area (Å²) in [6, 6.07) is 2.11. The number of carbonyl (C=O) groups is 1. The van der Waals surface area contributed by atoms with Gasteiger partial charge in [0, 0.05) is 18.7 Å².